The first-order valence-electron chi connectivity index (χ1n) is 1.00. The van der Waals surface area contributed by atoms with E-state index in [1.807, 2.05) is 0 Å². The Morgan fingerprint density at radius 1 is 1.20 bits per heavy atom. The topological polar surface area (TPSA) is 0 Å². The predicted octanol–water partition coefficient (Wildman–Crippen LogP) is 0.784. The van der Waals surface area contributed by atoms with E-state index in [2.05, 4.69) is 13.1 Å². The maximum atomic E-state index is 2.15. The van der Waals surface area contributed by atoms with Gasteiger partial charge >= 0.3 is 0 Å². The molecular formula is C2H6ReRfSi. The molecule has 27 valence electrons. The predicted molar refractivity (Wildman–Crippen MR) is 17.5 cm³/mol. The van der Waals surface area contributed by atoms with Gasteiger partial charge in [0.2, 0.25) is 0 Å². The first-order chi connectivity index (χ1) is 1.41. The van der Waals surface area contributed by atoms with E-state index in [0.29, 0.717) is 0 Å². The molecule has 0 amide bonds. The molecule has 0 saturated heterocycles. The van der Waals surface area contributed by atoms with E-state index < -0.39 is 0 Å². The van der Waals surface area contributed by atoms with Crippen LogP contribution >= 0.6 is 0 Å². The molecule has 0 aromatic rings. The van der Waals surface area contributed by atoms with Crippen LogP contribution in [0.4, 0.5) is 0 Å². The average Bonchev–Trinajstić information content (AvgIpc) is 0.918. The third-order valence-electron chi connectivity index (χ3n) is 0. The van der Waals surface area contributed by atoms with Crippen LogP contribution in [0.15, 0.2) is 0 Å². The molecule has 0 bridgehead atoms. The standard InChI is InChI=1S/C2H6Si.Re.Rf/c1-3-2;;/h1-2H3;;. The number of hydrogen-bond donors (Lipinski definition) is 0. The smallest absolute Gasteiger partial charge is 0.0307 e. The quantitative estimate of drug-likeness (QED) is 0.422. The van der Waals surface area contributed by atoms with E-state index in [0.717, 1.165) is 9.52 Å². The van der Waals surface area contributed by atoms with Gasteiger partial charge in [-0.05, 0) is 0 Å². The van der Waals surface area contributed by atoms with Gasteiger partial charge in [0.15, 0.2) is 0 Å². The average molecular weight is 511 g/mol. The molecule has 3 heteroatoms. The molecule has 0 atom stereocenters. The third kappa shape index (κ3) is 939. The summed E-state index contributed by atoms with van der Waals surface area (Å²) in [5, 5.41) is 0. The van der Waals surface area contributed by atoms with Crippen LogP contribution in [0.5, 0.6) is 0 Å². The maximum absolute atomic E-state index is 2.15. The second-order valence-electron chi connectivity index (χ2n) is 0.500. The van der Waals surface area contributed by atoms with Crippen LogP contribution in [0, 0.1) is 0 Å². The first-order valence-corrected chi connectivity index (χ1v) is 3.00. The minimum Gasteiger partial charge on any atom is -0.0735 e. The molecule has 0 aliphatic rings. The Balaban J connectivity index is -0.0000000200. The molecule has 3 radical (unpaired) electrons. The number of rotatable bonds is 0. The van der Waals surface area contributed by atoms with Crippen molar-refractivity contribution in [3.05, 3.63) is 0 Å². The van der Waals surface area contributed by atoms with Gasteiger partial charge in [-0.1, -0.05) is 13.1 Å². The van der Waals surface area contributed by atoms with Gasteiger partial charge in [0.1, 0.15) is 0 Å². The van der Waals surface area contributed by atoms with Crippen LogP contribution in [0.25, 0.3) is 0 Å². The van der Waals surface area contributed by atoms with Crippen LogP contribution in [0.2, 0.25) is 13.1 Å². The summed E-state index contributed by atoms with van der Waals surface area (Å²) in [5.74, 6) is 0. The van der Waals surface area contributed by atoms with Gasteiger partial charge in [-0.25, -0.2) is 0 Å². The molecule has 0 heterocycles. The summed E-state index contributed by atoms with van der Waals surface area (Å²) < 4.78 is 0. The first kappa shape index (κ1) is 20.8. The third-order valence-corrected chi connectivity index (χ3v) is 0. The van der Waals surface area contributed by atoms with Crippen molar-refractivity contribution in [1.29, 1.82) is 0 Å². The van der Waals surface area contributed by atoms with Gasteiger partial charge in [-0.3, -0.25) is 0 Å². The van der Waals surface area contributed by atoms with Crippen molar-refractivity contribution in [2.45, 2.75) is 13.1 Å². The van der Waals surface area contributed by atoms with Gasteiger partial charge in [0, 0.05) is 29.9 Å². The summed E-state index contributed by atoms with van der Waals surface area (Å²) >= 11 is 0. The molecule has 0 saturated carbocycles. The van der Waals surface area contributed by atoms with Gasteiger partial charge in [0.05, 0.1) is 0 Å². The van der Waals surface area contributed by atoms with E-state index >= 15 is 0 Å². The Morgan fingerprint density at radius 3 is 1.20 bits per heavy atom. The van der Waals surface area contributed by atoms with E-state index in [1.54, 1.807) is 0 Å². The second-order valence-corrected chi connectivity index (χ2v) is 1.50. The van der Waals surface area contributed by atoms with E-state index in [9.17, 15) is 0 Å². The fourth-order valence-electron chi connectivity index (χ4n) is 0. The van der Waals surface area contributed by atoms with E-state index in [-0.39, 0.29) is 20.4 Å². The zero-order chi connectivity index (χ0) is 2.71. The van der Waals surface area contributed by atoms with Gasteiger partial charge in [0.25, 0.3) is 0 Å². The van der Waals surface area contributed by atoms with E-state index in [1.165, 1.54) is 0 Å². The molecule has 0 fully saturated rings. The number of hydrogen-bond acceptors (Lipinski definition) is 0. The monoisotopic (exact) mass is 512 g/mol. The van der Waals surface area contributed by atoms with Crippen molar-refractivity contribution in [3.8, 4) is 0 Å². The van der Waals surface area contributed by atoms with Crippen LogP contribution in [-0.2, 0) is 20.4 Å². The molecule has 0 unspecified atom stereocenters. The Labute approximate surface area is 43.5 Å². The van der Waals surface area contributed by atoms with Crippen LogP contribution in [0.1, 0.15) is 0 Å². The molecule has 0 aromatic heterocycles. The molecule has 0 aromatic carbocycles. The van der Waals surface area contributed by atoms with Crippen molar-refractivity contribution >= 4 is 9.52 Å². The Hall–Kier alpha value is -0.121. The minimum absolute atomic E-state index is 0. The summed E-state index contributed by atoms with van der Waals surface area (Å²) in [4.78, 5) is 0. The van der Waals surface area contributed by atoms with Crippen LogP contribution in [0.3, 0.4) is 0 Å². The molecule has 0 N–H and O–H groups in total. The summed E-state index contributed by atoms with van der Waals surface area (Å²) in [5.41, 5.74) is 0. The Kier molecular flexibility index (Phi) is 173. The summed E-state index contributed by atoms with van der Waals surface area (Å²) in [6.07, 6.45) is 0. The summed E-state index contributed by atoms with van der Waals surface area (Å²) in [7, 11) is 1.08. The van der Waals surface area contributed by atoms with Crippen molar-refractivity contribution in [2.24, 2.45) is 0 Å². The Morgan fingerprint density at radius 2 is 1.20 bits per heavy atom. The summed E-state index contributed by atoms with van der Waals surface area (Å²) in [6.45, 7) is 4.31. The molecule has 0 nitrogen and oxygen atoms in total. The minimum atomic E-state index is 0. The van der Waals surface area contributed by atoms with Crippen molar-refractivity contribution in [2.75, 3.05) is 0 Å². The van der Waals surface area contributed by atoms with Crippen LogP contribution in [-0.4, -0.2) is 9.52 Å². The molecule has 0 aliphatic heterocycles. The van der Waals surface area contributed by atoms with Gasteiger partial charge < -0.3 is 0 Å². The normalized spacial score (nSPS) is 3.60. The summed E-state index contributed by atoms with van der Waals surface area (Å²) in [6, 6.07) is 0. The van der Waals surface area contributed by atoms with E-state index in [4.69, 9.17) is 0 Å². The fraction of sp³-hybridized carbons (Fsp3) is 1.00. The maximum Gasteiger partial charge on any atom is 0.0307 e. The molecule has 5 heavy (non-hydrogen) atoms. The SMILES string of the molecule is C[Si]C.[Re].[Rf]. The van der Waals surface area contributed by atoms with Gasteiger partial charge in [-0.15, -0.1) is 0 Å². The zero-order valence-electron chi connectivity index (χ0n) is 3.59. The largest absolute Gasteiger partial charge is 0.0735 e. The molecule has 0 rings (SSSR count). The fourth-order valence-corrected chi connectivity index (χ4v) is 0. The molecular weight excluding hydrogens is 505 g/mol. The van der Waals surface area contributed by atoms with Crippen molar-refractivity contribution < 1.29 is 20.4 Å². The zero-order valence-corrected chi connectivity index (χ0v) is 13.7. The van der Waals surface area contributed by atoms with Crippen molar-refractivity contribution in [1.82, 2.24) is 0 Å². The Bertz CT molecular complexity index is 9.61. The second kappa shape index (κ2) is 41.6. The van der Waals surface area contributed by atoms with Gasteiger partial charge in [-0.2, -0.15) is 0 Å². The van der Waals surface area contributed by atoms with Crippen molar-refractivity contribution in [3.63, 3.8) is 0 Å². The van der Waals surface area contributed by atoms with Crippen LogP contribution < -0.4 is 0 Å². The molecule has 0 spiro atoms. The molecule has 0 aliphatic carbocycles.